The topological polar surface area (TPSA) is 38.3 Å². The van der Waals surface area contributed by atoms with Crippen molar-refractivity contribution in [3.05, 3.63) is 35.4 Å². The van der Waals surface area contributed by atoms with Crippen molar-refractivity contribution in [2.24, 2.45) is 5.92 Å². The van der Waals surface area contributed by atoms with Crippen molar-refractivity contribution in [1.29, 1.82) is 0 Å². The van der Waals surface area contributed by atoms with Crippen LogP contribution in [0.2, 0.25) is 0 Å². The molecule has 110 valence electrons. The van der Waals surface area contributed by atoms with E-state index < -0.39 is 29.7 Å². The summed E-state index contributed by atoms with van der Waals surface area (Å²) in [5.74, 6) is -1.02. The van der Waals surface area contributed by atoms with Crippen molar-refractivity contribution in [3.8, 4) is 0 Å². The first-order valence-electron chi connectivity index (χ1n) is 6.51. The van der Waals surface area contributed by atoms with Gasteiger partial charge >= 0.3 is 12.1 Å². The van der Waals surface area contributed by atoms with Crippen LogP contribution < -0.4 is 5.32 Å². The van der Waals surface area contributed by atoms with Crippen LogP contribution in [0.15, 0.2) is 24.3 Å². The molecule has 1 aromatic rings. The van der Waals surface area contributed by atoms with Crippen LogP contribution in [0.25, 0.3) is 0 Å². The van der Waals surface area contributed by atoms with Crippen LogP contribution in [0.5, 0.6) is 0 Å². The van der Waals surface area contributed by atoms with Gasteiger partial charge in [-0.15, -0.1) is 0 Å². The summed E-state index contributed by atoms with van der Waals surface area (Å²) < 4.78 is 44.0. The molecule has 1 N–H and O–H groups in total. The lowest BCUT2D eigenvalue weighted by Crippen LogP contribution is -2.27. The number of ether oxygens (including phenoxy) is 1. The molecule has 0 spiro atoms. The van der Waals surface area contributed by atoms with Crippen LogP contribution in [0.4, 0.5) is 13.2 Å². The van der Waals surface area contributed by atoms with Gasteiger partial charge in [0.05, 0.1) is 18.1 Å². The summed E-state index contributed by atoms with van der Waals surface area (Å²) in [5, 5.41) is 2.97. The molecule has 1 aromatic carbocycles. The summed E-state index contributed by atoms with van der Waals surface area (Å²) in [6.07, 6.45) is -3.95. The Bertz CT molecular complexity index is 488. The minimum atomic E-state index is -4.43. The largest absolute Gasteiger partial charge is 0.466 e. The number of benzene rings is 1. The molecule has 0 aromatic heterocycles. The number of alkyl halides is 3. The first-order valence-corrected chi connectivity index (χ1v) is 6.51. The highest BCUT2D eigenvalue weighted by Gasteiger charge is 2.41. The molecule has 2 atom stereocenters. The van der Waals surface area contributed by atoms with Gasteiger partial charge in [0.1, 0.15) is 0 Å². The third-order valence-electron chi connectivity index (χ3n) is 3.41. The quantitative estimate of drug-likeness (QED) is 0.869. The Balaban J connectivity index is 2.33. The fraction of sp³-hybridized carbons (Fsp3) is 0.500. The van der Waals surface area contributed by atoms with E-state index in [0.29, 0.717) is 13.0 Å². The van der Waals surface area contributed by atoms with Gasteiger partial charge in [-0.05, 0) is 31.5 Å². The third kappa shape index (κ3) is 2.95. The zero-order valence-electron chi connectivity index (χ0n) is 11.0. The molecule has 6 heteroatoms. The maximum Gasteiger partial charge on any atom is 0.416 e. The summed E-state index contributed by atoms with van der Waals surface area (Å²) >= 11 is 0. The Labute approximate surface area is 115 Å². The molecule has 3 nitrogen and oxygen atoms in total. The van der Waals surface area contributed by atoms with Crippen molar-refractivity contribution in [2.45, 2.75) is 25.6 Å². The van der Waals surface area contributed by atoms with E-state index in [0.717, 1.165) is 6.07 Å². The molecule has 0 saturated carbocycles. The predicted molar refractivity (Wildman–Crippen MR) is 66.9 cm³/mol. The first kappa shape index (κ1) is 14.8. The molecular formula is C14H16F3NO2. The van der Waals surface area contributed by atoms with Crippen LogP contribution in [0.3, 0.4) is 0 Å². The smallest absolute Gasteiger partial charge is 0.416 e. The van der Waals surface area contributed by atoms with Crippen LogP contribution in [-0.4, -0.2) is 19.1 Å². The van der Waals surface area contributed by atoms with Gasteiger partial charge in [0, 0.05) is 6.04 Å². The fourth-order valence-corrected chi connectivity index (χ4v) is 2.56. The number of esters is 1. The fourth-order valence-electron chi connectivity index (χ4n) is 2.56. The van der Waals surface area contributed by atoms with E-state index in [-0.39, 0.29) is 12.2 Å². The van der Waals surface area contributed by atoms with E-state index in [1.165, 1.54) is 12.1 Å². The highest BCUT2D eigenvalue weighted by Crippen LogP contribution is 2.39. The molecule has 1 aliphatic heterocycles. The minimum absolute atomic E-state index is 0.107. The second-order valence-electron chi connectivity index (χ2n) is 4.66. The first-order chi connectivity index (χ1) is 9.45. The standard InChI is InChI=1S/C14H16F3NO2/c1-2-20-13(19)10-7-8-18-12(10)9-5-3-4-6-11(9)14(15,16)17/h3-6,10,12,18H,2,7-8H2,1H3/t10-,12-/m0/s1. The molecule has 0 amide bonds. The van der Waals surface area contributed by atoms with E-state index in [2.05, 4.69) is 5.32 Å². The van der Waals surface area contributed by atoms with E-state index in [4.69, 9.17) is 4.74 Å². The number of nitrogens with one attached hydrogen (secondary N) is 1. The maximum absolute atomic E-state index is 13.0. The molecule has 1 heterocycles. The van der Waals surface area contributed by atoms with Gasteiger partial charge in [-0.25, -0.2) is 0 Å². The highest BCUT2D eigenvalue weighted by atomic mass is 19.4. The average molecular weight is 287 g/mol. The Hall–Kier alpha value is -1.56. The molecule has 0 bridgehead atoms. The summed E-state index contributed by atoms with van der Waals surface area (Å²) in [4.78, 5) is 11.8. The molecule has 1 aliphatic rings. The third-order valence-corrected chi connectivity index (χ3v) is 3.41. The highest BCUT2D eigenvalue weighted by molar-refractivity contribution is 5.74. The van der Waals surface area contributed by atoms with Gasteiger partial charge in [-0.2, -0.15) is 13.2 Å². The normalized spacial score (nSPS) is 22.8. The van der Waals surface area contributed by atoms with Crippen molar-refractivity contribution >= 4 is 5.97 Å². The van der Waals surface area contributed by atoms with E-state index in [1.807, 2.05) is 0 Å². The summed E-state index contributed by atoms with van der Waals surface area (Å²) in [7, 11) is 0. The SMILES string of the molecule is CCOC(=O)[C@H]1CCN[C@H]1c1ccccc1C(F)(F)F. The van der Waals surface area contributed by atoms with Gasteiger partial charge in [0.2, 0.25) is 0 Å². The van der Waals surface area contributed by atoms with Crippen molar-refractivity contribution in [3.63, 3.8) is 0 Å². The lowest BCUT2D eigenvalue weighted by molar-refractivity contribution is -0.149. The number of carbonyl (C=O) groups excluding carboxylic acids is 1. The Kier molecular flexibility index (Phi) is 4.32. The van der Waals surface area contributed by atoms with Crippen molar-refractivity contribution < 1.29 is 22.7 Å². The molecule has 2 rings (SSSR count). The van der Waals surface area contributed by atoms with Gasteiger partial charge in [-0.1, -0.05) is 18.2 Å². The van der Waals surface area contributed by atoms with Crippen LogP contribution in [-0.2, 0) is 15.7 Å². The minimum Gasteiger partial charge on any atom is -0.466 e. The number of rotatable bonds is 3. The Morgan fingerprint density at radius 1 is 1.40 bits per heavy atom. The van der Waals surface area contributed by atoms with Gasteiger partial charge < -0.3 is 10.1 Å². The molecular weight excluding hydrogens is 271 g/mol. The molecule has 0 radical (unpaired) electrons. The predicted octanol–water partition coefficient (Wildman–Crippen LogP) is 2.92. The summed E-state index contributed by atoms with van der Waals surface area (Å²) in [6.45, 7) is 2.41. The zero-order chi connectivity index (χ0) is 14.8. The van der Waals surface area contributed by atoms with Crippen LogP contribution >= 0.6 is 0 Å². The van der Waals surface area contributed by atoms with Gasteiger partial charge in [-0.3, -0.25) is 4.79 Å². The second kappa shape index (κ2) is 5.83. The van der Waals surface area contributed by atoms with E-state index in [9.17, 15) is 18.0 Å². The van der Waals surface area contributed by atoms with Crippen LogP contribution in [0, 0.1) is 5.92 Å². The molecule has 1 fully saturated rings. The summed E-state index contributed by atoms with van der Waals surface area (Å²) in [6, 6.07) is 4.70. The molecule has 1 saturated heterocycles. The number of carbonyl (C=O) groups is 1. The Morgan fingerprint density at radius 2 is 2.10 bits per heavy atom. The molecule has 20 heavy (non-hydrogen) atoms. The second-order valence-corrected chi connectivity index (χ2v) is 4.66. The van der Waals surface area contributed by atoms with E-state index in [1.54, 1.807) is 13.0 Å². The average Bonchev–Trinajstić information content (AvgIpc) is 2.87. The van der Waals surface area contributed by atoms with Crippen molar-refractivity contribution in [1.82, 2.24) is 5.32 Å². The van der Waals surface area contributed by atoms with Crippen LogP contribution in [0.1, 0.15) is 30.5 Å². The van der Waals surface area contributed by atoms with E-state index >= 15 is 0 Å². The number of halogens is 3. The van der Waals surface area contributed by atoms with Gasteiger partial charge in [0.15, 0.2) is 0 Å². The Morgan fingerprint density at radius 3 is 2.75 bits per heavy atom. The maximum atomic E-state index is 13.0. The number of hydrogen-bond acceptors (Lipinski definition) is 3. The molecule has 0 unspecified atom stereocenters. The monoisotopic (exact) mass is 287 g/mol. The lowest BCUT2D eigenvalue weighted by atomic mass is 9.91. The molecule has 0 aliphatic carbocycles. The zero-order valence-corrected chi connectivity index (χ0v) is 11.0. The summed E-state index contributed by atoms with van der Waals surface area (Å²) in [5.41, 5.74) is -0.593. The van der Waals surface area contributed by atoms with Gasteiger partial charge in [0.25, 0.3) is 0 Å². The lowest BCUT2D eigenvalue weighted by Gasteiger charge is -2.22. The van der Waals surface area contributed by atoms with Crippen molar-refractivity contribution in [2.75, 3.05) is 13.2 Å². The number of hydrogen-bond donors (Lipinski definition) is 1.